The Morgan fingerprint density at radius 3 is 2.61 bits per heavy atom. The van der Waals surface area contributed by atoms with E-state index < -0.39 is 12.0 Å². The molecule has 1 unspecified atom stereocenters. The first kappa shape index (κ1) is 17.0. The van der Waals surface area contributed by atoms with Crippen LogP contribution in [0.2, 0.25) is 0 Å². The fourth-order valence-corrected chi connectivity index (χ4v) is 2.75. The second-order valence-electron chi connectivity index (χ2n) is 5.75. The lowest BCUT2D eigenvalue weighted by Crippen LogP contribution is -2.48. The van der Waals surface area contributed by atoms with Crippen LogP contribution >= 0.6 is 0 Å². The molecular weight excluding hydrogens is 296 g/mol. The van der Waals surface area contributed by atoms with E-state index in [-0.39, 0.29) is 11.8 Å². The minimum Gasteiger partial charge on any atom is -0.480 e. The molecule has 1 fully saturated rings. The number of rotatable bonds is 4. The zero-order valence-electron chi connectivity index (χ0n) is 13.5. The van der Waals surface area contributed by atoms with Gasteiger partial charge in [-0.15, -0.1) is 0 Å². The summed E-state index contributed by atoms with van der Waals surface area (Å²) in [7, 11) is 1.70. The molecule has 0 aromatic heterocycles. The smallest absolute Gasteiger partial charge is 0.326 e. The topological polar surface area (TPSA) is 77.9 Å². The third-order valence-electron chi connectivity index (χ3n) is 4.23. The number of likely N-dealkylation sites (tertiary alicyclic amines) is 1. The first-order valence-corrected chi connectivity index (χ1v) is 7.85. The summed E-state index contributed by atoms with van der Waals surface area (Å²) in [4.78, 5) is 39.2. The predicted octanol–water partition coefficient (Wildman–Crippen LogP) is 1.86. The van der Waals surface area contributed by atoms with Crippen LogP contribution in [0.15, 0.2) is 24.3 Å². The Bertz CT molecular complexity index is 614. The molecule has 0 bridgehead atoms. The number of benzene rings is 1. The van der Waals surface area contributed by atoms with Gasteiger partial charge < -0.3 is 14.9 Å². The van der Waals surface area contributed by atoms with Crippen LogP contribution in [0.4, 0.5) is 0 Å². The van der Waals surface area contributed by atoms with Crippen molar-refractivity contribution in [2.24, 2.45) is 0 Å². The minimum absolute atomic E-state index is 0.157. The van der Waals surface area contributed by atoms with E-state index >= 15 is 0 Å². The van der Waals surface area contributed by atoms with Crippen molar-refractivity contribution in [1.29, 1.82) is 0 Å². The van der Waals surface area contributed by atoms with Crippen molar-refractivity contribution < 1.29 is 19.5 Å². The molecule has 1 aromatic rings. The van der Waals surface area contributed by atoms with Crippen molar-refractivity contribution in [2.45, 2.75) is 32.2 Å². The maximum Gasteiger partial charge on any atom is 0.326 e. The predicted molar refractivity (Wildman–Crippen MR) is 85.4 cm³/mol. The highest BCUT2D eigenvalue weighted by molar-refractivity contribution is 6.00. The number of carbonyl (C=O) groups is 3. The van der Waals surface area contributed by atoms with Gasteiger partial charge >= 0.3 is 5.97 Å². The lowest BCUT2D eigenvalue weighted by atomic mass is 10.00. The van der Waals surface area contributed by atoms with Crippen LogP contribution in [0.5, 0.6) is 0 Å². The van der Waals surface area contributed by atoms with Crippen LogP contribution < -0.4 is 0 Å². The van der Waals surface area contributed by atoms with Gasteiger partial charge in [-0.25, -0.2) is 4.79 Å². The quantitative estimate of drug-likeness (QED) is 0.919. The van der Waals surface area contributed by atoms with Crippen molar-refractivity contribution in [3.8, 4) is 0 Å². The summed E-state index contributed by atoms with van der Waals surface area (Å²) < 4.78 is 0. The SMILES string of the molecule is CCN(C)C(=O)c1cccc(C(=O)N2CCCCC2C(=O)O)c1. The van der Waals surface area contributed by atoms with Crippen molar-refractivity contribution >= 4 is 17.8 Å². The van der Waals surface area contributed by atoms with Gasteiger partial charge in [-0.1, -0.05) is 6.07 Å². The number of hydrogen-bond acceptors (Lipinski definition) is 3. The Kier molecular flexibility index (Phi) is 5.36. The number of carboxylic acid groups (broad SMARTS) is 1. The van der Waals surface area contributed by atoms with Gasteiger partial charge in [-0.05, 0) is 44.4 Å². The molecule has 23 heavy (non-hydrogen) atoms. The molecule has 2 amide bonds. The third-order valence-corrected chi connectivity index (χ3v) is 4.23. The summed E-state index contributed by atoms with van der Waals surface area (Å²) in [5.41, 5.74) is 0.789. The first-order chi connectivity index (χ1) is 11.0. The highest BCUT2D eigenvalue weighted by Crippen LogP contribution is 2.20. The molecule has 6 nitrogen and oxygen atoms in total. The van der Waals surface area contributed by atoms with E-state index in [1.165, 1.54) is 4.90 Å². The summed E-state index contributed by atoms with van der Waals surface area (Å²) in [6, 6.07) is 5.71. The maximum absolute atomic E-state index is 12.7. The Hall–Kier alpha value is -2.37. The molecule has 1 N–H and O–H groups in total. The van der Waals surface area contributed by atoms with Gasteiger partial charge in [0.15, 0.2) is 0 Å². The van der Waals surface area contributed by atoms with Gasteiger partial charge in [0.2, 0.25) is 0 Å². The van der Waals surface area contributed by atoms with Crippen LogP contribution in [0.1, 0.15) is 46.9 Å². The number of carboxylic acids is 1. The number of carbonyl (C=O) groups excluding carboxylic acids is 2. The van der Waals surface area contributed by atoms with Crippen LogP contribution in [-0.4, -0.2) is 58.9 Å². The average Bonchev–Trinajstić information content (AvgIpc) is 2.59. The molecule has 1 heterocycles. The van der Waals surface area contributed by atoms with Gasteiger partial charge in [0.05, 0.1) is 0 Å². The Labute approximate surface area is 135 Å². The highest BCUT2D eigenvalue weighted by atomic mass is 16.4. The van der Waals surface area contributed by atoms with Crippen molar-refractivity contribution in [1.82, 2.24) is 9.80 Å². The van der Waals surface area contributed by atoms with E-state index in [0.29, 0.717) is 30.6 Å². The molecule has 1 saturated heterocycles. The van der Waals surface area contributed by atoms with E-state index in [1.807, 2.05) is 6.92 Å². The average molecular weight is 318 g/mol. The summed E-state index contributed by atoms with van der Waals surface area (Å²) in [5.74, 6) is -1.46. The number of piperidine rings is 1. The van der Waals surface area contributed by atoms with Crippen LogP contribution in [0.25, 0.3) is 0 Å². The lowest BCUT2D eigenvalue weighted by molar-refractivity contribution is -0.143. The minimum atomic E-state index is -0.976. The molecule has 1 aromatic carbocycles. The van der Waals surface area contributed by atoms with E-state index in [0.717, 1.165) is 12.8 Å². The standard InChI is InChI=1S/C17H22N2O4/c1-3-18(2)15(20)12-7-6-8-13(11-12)16(21)19-10-5-4-9-14(19)17(22)23/h6-8,11,14H,3-5,9-10H2,1-2H3,(H,22,23). The van der Waals surface area contributed by atoms with Crippen LogP contribution in [0, 0.1) is 0 Å². The largest absolute Gasteiger partial charge is 0.480 e. The zero-order valence-corrected chi connectivity index (χ0v) is 13.5. The summed E-state index contributed by atoms with van der Waals surface area (Å²) in [5, 5.41) is 9.30. The molecule has 0 aliphatic carbocycles. The van der Waals surface area contributed by atoms with Gasteiger partial charge in [0.25, 0.3) is 11.8 Å². The molecular formula is C17H22N2O4. The molecule has 6 heteroatoms. The zero-order chi connectivity index (χ0) is 17.0. The van der Waals surface area contributed by atoms with Crippen molar-refractivity contribution in [3.63, 3.8) is 0 Å². The summed E-state index contributed by atoms with van der Waals surface area (Å²) in [6.45, 7) is 2.88. The Balaban J connectivity index is 2.25. The van der Waals surface area contributed by atoms with Crippen molar-refractivity contribution in [2.75, 3.05) is 20.1 Å². The summed E-state index contributed by atoms with van der Waals surface area (Å²) in [6.07, 6.45) is 2.07. The third kappa shape index (κ3) is 3.70. The molecule has 1 aliphatic rings. The molecule has 2 rings (SSSR count). The number of amides is 2. The molecule has 1 atom stereocenters. The van der Waals surface area contributed by atoms with Crippen molar-refractivity contribution in [3.05, 3.63) is 35.4 Å². The van der Waals surface area contributed by atoms with Gasteiger partial charge in [-0.2, -0.15) is 0 Å². The van der Waals surface area contributed by atoms with E-state index in [9.17, 15) is 19.5 Å². The van der Waals surface area contributed by atoms with E-state index in [1.54, 1.807) is 36.2 Å². The lowest BCUT2D eigenvalue weighted by Gasteiger charge is -2.33. The Morgan fingerprint density at radius 2 is 1.96 bits per heavy atom. The first-order valence-electron chi connectivity index (χ1n) is 7.85. The molecule has 1 aliphatic heterocycles. The van der Waals surface area contributed by atoms with Gasteiger partial charge in [-0.3, -0.25) is 9.59 Å². The maximum atomic E-state index is 12.7. The molecule has 0 radical (unpaired) electrons. The molecule has 124 valence electrons. The van der Waals surface area contributed by atoms with Crippen LogP contribution in [-0.2, 0) is 4.79 Å². The summed E-state index contributed by atoms with van der Waals surface area (Å²) >= 11 is 0. The van der Waals surface area contributed by atoms with E-state index in [4.69, 9.17) is 0 Å². The Morgan fingerprint density at radius 1 is 1.26 bits per heavy atom. The number of nitrogens with zero attached hydrogens (tertiary/aromatic N) is 2. The molecule has 0 saturated carbocycles. The van der Waals surface area contributed by atoms with Gasteiger partial charge in [0.1, 0.15) is 6.04 Å². The fourth-order valence-electron chi connectivity index (χ4n) is 2.75. The second kappa shape index (κ2) is 7.26. The van der Waals surface area contributed by atoms with Gasteiger partial charge in [0, 0.05) is 31.3 Å². The monoisotopic (exact) mass is 318 g/mol. The van der Waals surface area contributed by atoms with E-state index in [2.05, 4.69) is 0 Å². The van der Waals surface area contributed by atoms with Crippen LogP contribution in [0.3, 0.4) is 0 Å². The fraction of sp³-hybridized carbons (Fsp3) is 0.471. The second-order valence-corrected chi connectivity index (χ2v) is 5.75. The molecule has 0 spiro atoms. The normalized spacial score (nSPS) is 17.7. The highest BCUT2D eigenvalue weighted by Gasteiger charge is 2.32. The number of hydrogen-bond donors (Lipinski definition) is 1. The number of aliphatic carboxylic acids is 1.